The third kappa shape index (κ3) is 3.95. The van der Waals surface area contributed by atoms with Crippen LogP contribution in [0.3, 0.4) is 0 Å². The van der Waals surface area contributed by atoms with Crippen LogP contribution in [0.2, 0.25) is 0 Å². The summed E-state index contributed by atoms with van der Waals surface area (Å²) in [6.07, 6.45) is 0.606. The zero-order chi connectivity index (χ0) is 12.8. The van der Waals surface area contributed by atoms with Crippen molar-refractivity contribution >= 4 is 58.9 Å². The summed E-state index contributed by atoms with van der Waals surface area (Å²) in [7, 11) is 3.56. The molecule has 1 atom stereocenters. The molecule has 82 valence electrons. The predicted octanol–water partition coefficient (Wildman–Crippen LogP) is -4.84. The Kier molecular flexibility index (Phi) is 5.32. The molecule has 1 fully saturated rings. The maximum absolute atomic E-state index is 11.8. The van der Waals surface area contributed by atoms with Crippen LogP contribution in [-0.2, 0) is 14.4 Å². The van der Waals surface area contributed by atoms with E-state index in [0.29, 0.717) is 11.8 Å². The Labute approximate surface area is 103 Å². The Bertz CT molecular complexity index is 408. The first-order valence-corrected chi connectivity index (χ1v) is 5.52. The van der Waals surface area contributed by atoms with E-state index < -0.39 is 11.9 Å². The molecule has 3 amide bonds. The topological polar surface area (TPSA) is 75.3 Å². The van der Waals surface area contributed by atoms with Crippen molar-refractivity contribution in [3.8, 4) is 0 Å². The zero-order valence-corrected chi connectivity index (χ0v) is 9.95. The normalized spacial score (nSPS) is 20.0. The van der Waals surface area contributed by atoms with Gasteiger partial charge in [-0.25, -0.2) is 0 Å². The van der Waals surface area contributed by atoms with Gasteiger partial charge in [0.2, 0.25) is 0 Å². The Morgan fingerprint density at radius 2 is 2.12 bits per heavy atom. The fraction of sp³-hybridized carbons (Fsp3) is 0.429. The van der Waals surface area contributed by atoms with Crippen LogP contribution in [-0.4, -0.2) is 64.9 Å². The van der Waals surface area contributed by atoms with E-state index in [-0.39, 0.29) is 18.2 Å². The van der Waals surface area contributed by atoms with Crippen molar-refractivity contribution in [2.75, 3.05) is 0 Å². The molecule has 1 aliphatic rings. The van der Waals surface area contributed by atoms with Crippen LogP contribution in [0.1, 0.15) is 12.8 Å². The molecule has 0 aromatic heterocycles. The number of amides is 3. The van der Waals surface area contributed by atoms with Gasteiger partial charge in [0.15, 0.2) is 0 Å². The molecular formula is C7H11B5N2O3. The van der Waals surface area contributed by atoms with E-state index in [9.17, 15) is 14.4 Å². The summed E-state index contributed by atoms with van der Waals surface area (Å²) in [6, 6.07) is -0.625. The quantitative estimate of drug-likeness (QED) is 0.374. The van der Waals surface area contributed by atoms with Crippen molar-refractivity contribution in [1.29, 1.82) is 0 Å². The molecule has 0 spiro atoms. The van der Waals surface area contributed by atoms with Gasteiger partial charge in [-0.2, -0.15) is 0 Å². The first-order chi connectivity index (χ1) is 8.08. The molecule has 1 aliphatic heterocycles. The number of nitrogens with one attached hydrogen (secondary N) is 2. The second-order valence-electron chi connectivity index (χ2n) is 3.72. The van der Waals surface area contributed by atoms with E-state index in [4.69, 9.17) is 0 Å². The van der Waals surface area contributed by atoms with Crippen LogP contribution in [0.25, 0.3) is 0 Å². The van der Waals surface area contributed by atoms with Gasteiger partial charge in [-0.3, -0.25) is 0 Å². The maximum atomic E-state index is 11.8. The molecule has 10 heteroatoms. The average Bonchev–Trinajstić information content (AvgIpc) is 2.29. The number of piperidine rings is 1. The molecule has 2 N–H and O–H groups in total. The van der Waals surface area contributed by atoms with E-state index in [1.54, 1.807) is 28.0 Å². The summed E-state index contributed by atoms with van der Waals surface area (Å²) in [5, 5.41) is 5.29. The van der Waals surface area contributed by atoms with Gasteiger partial charge in [0.25, 0.3) is 0 Å². The fourth-order valence-electron chi connectivity index (χ4n) is 1.56. The number of hydrogen-bond acceptors (Lipinski definition) is 3. The number of hydrogen-bond donors (Lipinski definition) is 2. The van der Waals surface area contributed by atoms with Crippen LogP contribution >= 0.6 is 0 Å². The SMILES string of the molecule is B/B=B\C(=B/B)C(=O)NC1CCC(=O)NC1=O. The summed E-state index contributed by atoms with van der Waals surface area (Å²) in [5.41, 5.74) is 0. The molecular weight excluding hydrogens is 214 g/mol. The summed E-state index contributed by atoms with van der Waals surface area (Å²) in [6.45, 7) is 5.09. The van der Waals surface area contributed by atoms with E-state index in [0.717, 1.165) is 0 Å². The molecule has 0 saturated carbocycles. The van der Waals surface area contributed by atoms with E-state index >= 15 is 0 Å². The molecule has 1 rings (SSSR count). The van der Waals surface area contributed by atoms with Crippen molar-refractivity contribution in [2.24, 2.45) is 0 Å². The molecule has 0 radical (unpaired) electrons. The van der Waals surface area contributed by atoms with Crippen LogP contribution in [0.5, 0.6) is 0 Å². The number of carbonyl (C=O) groups is 3. The van der Waals surface area contributed by atoms with Gasteiger partial charge < -0.3 is 0 Å². The second-order valence-corrected chi connectivity index (χ2v) is 3.72. The third-order valence-corrected chi connectivity index (χ3v) is 2.46. The van der Waals surface area contributed by atoms with Crippen LogP contribution in [0.15, 0.2) is 0 Å². The monoisotopic (exact) mass is 226 g/mol. The van der Waals surface area contributed by atoms with E-state index in [1.165, 1.54) is 0 Å². The van der Waals surface area contributed by atoms with Gasteiger partial charge in [0, 0.05) is 0 Å². The molecule has 0 aromatic rings. The molecule has 17 heavy (non-hydrogen) atoms. The standard InChI is InChI=1S/C7H11B5N2O3/c8-10-5(11-12-9)7(17)13-3-1-2-4(15)14-6(3)16/h3H,1-2,8-9H2,(H,13,17)(H,14,15,16). The molecule has 1 saturated heterocycles. The molecule has 0 bridgehead atoms. The minimum atomic E-state index is -0.625. The molecule has 0 aromatic carbocycles. The van der Waals surface area contributed by atoms with Crippen molar-refractivity contribution in [3.63, 3.8) is 0 Å². The first-order valence-electron chi connectivity index (χ1n) is 5.52. The average molecular weight is 225 g/mol. The van der Waals surface area contributed by atoms with Gasteiger partial charge in [-0.05, 0) is 0 Å². The van der Waals surface area contributed by atoms with Crippen LogP contribution in [0.4, 0.5) is 0 Å². The van der Waals surface area contributed by atoms with E-state index in [2.05, 4.69) is 10.6 Å². The van der Waals surface area contributed by atoms with Crippen LogP contribution < -0.4 is 10.6 Å². The van der Waals surface area contributed by atoms with Gasteiger partial charge >= 0.3 is 103 Å². The molecule has 1 unspecified atom stereocenters. The van der Waals surface area contributed by atoms with Crippen molar-refractivity contribution in [2.45, 2.75) is 18.9 Å². The molecule has 5 nitrogen and oxygen atoms in total. The van der Waals surface area contributed by atoms with Crippen LogP contribution in [0, 0.1) is 0 Å². The number of rotatable bonds is 3. The number of imide groups is 1. The van der Waals surface area contributed by atoms with Gasteiger partial charge in [0.1, 0.15) is 0 Å². The van der Waals surface area contributed by atoms with Crippen molar-refractivity contribution in [1.82, 2.24) is 10.6 Å². The summed E-state index contributed by atoms with van der Waals surface area (Å²) >= 11 is 0. The predicted molar refractivity (Wildman–Crippen MR) is 73.7 cm³/mol. The summed E-state index contributed by atoms with van der Waals surface area (Å²) in [5.74, 6) is -1.04. The molecule has 1 heterocycles. The van der Waals surface area contributed by atoms with Gasteiger partial charge in [-0.15, -0.1) is 0 Å². The third-order valence-electron chi connectivity index (χ3n) is 2.46. The molecule has 0 aliphatic carbocycles. The number of carbonyl (C=O) groups excluding carboxylic acids is 3. The summed E-state index contributed by atoms with van der Waals surface area (Å²) < 4.78 is 0. The van der Waals surface area contributed by atoms with Crippen molar-refractivity contribution < 1.29 is 14.4 Å². The minimum absolute atomic E-state index is 0.255. The Hall–Kier alpha value is -1.20. The van der Waals surface area contributed by atoms with Gasteiger partial charge in [-0.1, -0.05) is 0 Å². The zero-order valence-electron chi connectivity index (χ0n) is 9.95. The van der Waals surface area contributed by atoms with E-state index in [1.807, 2.05) is 7.74 Å². The Morgan fingerprint density at radius 1 is 1.41 bits per heavy atom. The Balaban J connectivity index is 2.63. The van der Waals surface area contributed by atoms with Crippen molar-refractivity contribution in [3.05, 3.63) is 0 Å². The Morgan fingerprint density at radius 3 is 2.65 bits per heavy atom. The van der Waals surface area contributed by atoms with Gasteiger partial charge in [0.05, 0.1) is 0 Å². The fourth-order valence-corrected chi connectivity index (χ4v) is 1.56. The first kappa shape index (κ1) is 13.9. The summed E-state index contributed by atoms with van der Waals surface area (Å²) in [4.78, 5) is 34.1. The second kappa shape index (κ2) is 6.52.